The third-order valence-corrected chi connectivity index (χ3v) is 5.61. The number of aryl methyl sites for hydroxylation is 1. The standard InChI is InChI=1S/C27H29ClN2O4/c1-18-7-6-8-24(19(18)2)33-17-21-15-20(9-14-25(21)32-5)16-29-30-26(31)27(3,4)34-23-12-10-22(28)11-13-23/h6-16H,17H2,1-5H3,(H,30,31)/b29-16-. The highest BCUT2D eigenvalue weighted by atomic mass is 35.5. The van der Waals surface area contributed by atoms with E-state index in [1.54, 1.807) is 51.4 Å². The van der Waals surface area contributed by atoms with Crippen molar-refractivity contribution in [3.63, 3.8) is 0 Å². The van der Waals surface area contributed by atoms with Crippen molar-refractivity contribution in [2.24, 2.45) is 5.10 Å². The summed E-state index contributed by atoms with van der Waals surface area (Å²) in [6.45, 7) is 7.76. The molecule has 0 saturated heterocycles. The number of halogens is 1. The molecule has 1 amide bonds. The number of amides is 1. The zero-order valence-corrected chi connectivity index (χ0v) is 20.8. The monoisotopic (exact) mass is 480 g/mol. The highest BCUT2D eigenvalue weighted by molar-refractivity contribution is 6.30. The molecule has 6 nitrogen and oxygen atoms in total. The zero-order chi connectivity index (χ0) is 24.7. The smallest absolute Gasteiger partial charge is 0.283 e. The molecular weight excluding hydrogens is 452 g/mol. The Morgan fingerprint density at radius 3 is 2.50 bits per heavy atom. The second kappa shape index (κ2) is 11.1. The van der Waals surface area contributed by atoms with E-state index in [4.69, 9.17) is 25.8 Å². The average Bonchev–Trinajstić information content (AvgIpc) is 2.81. The van der Waals surface area contributed by atoms with E-state index in [9.17, 15) is 4.79 Å². The summed E-state index contributed by atoms with van der Waals surface area (Å²) in [5.74, 6) is 1.70. The topological polar surface area (TPSA) is 69.2 Å². The first-order valence-electron chi connectivity index (χ1n) is 10.8. The van der Waals surface area contributed by atoms with Crippen molar-refractivity contribution in [1.82, 2.24) is 5.43 Å². The van der Waals surface area contributed by atoms with Gasteiger partial charge in [0.25, 0.3) is 5.91 Å². The van der Waals surface area contributed by atoms with Gasteiger partial charge in [0.05, 0.1) is 13.3 Å². The molecule has 0 heterocycles. The van der Waals surface area contributed by atoms with Gasteiger partial charge in [-0.3, -0.25) is 4.79 Å². The number of carbonyl (C=O) groups is 1. The number of carbonyl (C=O) groups excluding carboxylic acids is 1. The van der Waals surface area contributed by atoms with Crippen molar-refractivity contribution in [3.8, 4) is 17.2 Å². The van der Waals surface area contributed by atoms with E-state index >= 15 is 0 Å². The minimum atomic E-state index is -1.13. The van der Waals surface area contributed by atoms with Gasteiger partial charge < -0.3 is 14.2 Å². The Labute approximate surface area is 205 Å². The van der Waals surface area contributed by atoms with Crippen LogP contribution in [0.1, 0.15) is 36.1 Å². The molecule has 178 valence electrons. The quantitative estimate of drug-likeness (QED) is 0.308. The minimum Gasteiger partial charge on any atom is -0.496 e. The second-order valence-electron chi connectivity index (χ2n) is 8.32. The third-order valence-electron chi connectivity index (χ3n) is 5.36. The maximum atomic E-state index is 12.6. The number of nitrogens with one attached hydrogen (secondary N) is 1. The molecule has 7 heteroatoms. The van der Waals surface area contributed by atoms with Crippen LogP contribution in [0.25, 0.3) is 0 Å². The predicted octanol–water partition coefficient (Wildman–Crippen LogP) is 5.85. The molecule has 3 rings (SSSR count). The summed E-state index contributed by atoms with van der Waals surface area (Å²) < 4.78 is 17.3. The molecule has 0 aromatic heterocycles. The van der Waals surface area contributed by atoms with E-state index < -0.39 is 5.60 Å². The molecule has 0 aliphatic carbocycles. The maximum absolute atomic E-state index is 12.6. The van der Waals surface area contributed by atoms with Crippen LogP contribution in [0.5, 0.6) is 17.2 Å². The van der Waals surface area contributed by atoms with Gasteiger partial charge in [-0.2, -0.15) is 5.10 Å². The summed E-state index contributed by atoms with van der Waals surface area (Å²) in [7, 11) is 1.62. The molecule has 3 aromatic carbocycles. The van der Waals surface area contributed by atoms with Gasteiger partial charge in [0.2, 0.25) is 0 Å². The molecule has 0 spiro atoms. The lowest BCUT2D eigenvalue weighted by atomic mass is 10.1. The number of hydrogen-bond acceptors (Lipinski definition) is 5. The van der Waals surface area contributed by atoms with Crippen molar-refractivity contribution < 1.29 is 19.0 Å². The lowest BCUT2D eigenvalue weighted by Gasteiger charge is -2.24. The SMILES string of the molecule is COc1ccc(/C=N\NC(=O)C(C)(C)Oc2ccc(Cl)cc2)cc1COc1cccc(C)c1C. The predicted molar refractivity (Wildman–Crippen MR) is 135 cm³/mol. The Kier molecular flexibility index (Phi) is 8.18. The highest BCUT2D eigenvalue weighted by Gasteiger charge is 2.29. The van der Waals surface area contributed by atoms with Gasteiger partial charge in [-0.1, -0.05) is 23.7 Å². The normalized spacial score (nSPS) is 11.4. The fourth-order valence-corrected chi connectivity index (χ4v) is 3.30. The van der Waals surface area contributed by atoms with Crippen LogP contribution in [0.4, 0.5) is 0 Å². The molecule has 0 radical (unpaired) electrons. The van der Waals surface area contributed by atoms with Gasteiger partial charge in [-0.15, -0.1) is 0 Å². The van der Waals surface area contributed by atoms with Crippen LogP contribution in [0.2, 0.25) is 5.02 Å². The van der Waals surface area contributed by atoms with Crippen molar-refractivity contribution >= 4 is 23.7 Å². The summed E-state index contributed by atoms with van der Waals surface area (Å²) in [4.78, 5) is 12.6. The van der Waals surface area contributed by atoms with Crippen LogP contribution in [0.3, 0.4) is 0 Å². The highest BCUT2D eigenvalue weighted by Crippen LogP contribution is 2.25. The van der Waals surface area contributed by atoms with Crippen LogP contribution in [0, 0.1) is 13.8 Å². The van der Waals surface area contributed by atoms with Gasteiger partial charge in [0, 0.05) is 10.6 Å². The zero-order valence-electron chi connectivity index (χ0n) is 20.0. The van der Waals surface area contributed by atoms with E-state index in [2.05, 4.69) is 23.5 Å². The first-order chi connectivity index (χ1) is 16.2. The molecule has 0 atom stereocenters. The molecule has 3 aromatic rings. The van der Waals surface area contributed by atoms with Gasteiger partial charge in [-0.05, 0) is 92.9 Å². The number of hydrogen-bond donors (Lipinski definition) is 1. The van der Waals surface area contributed by atoms with Gasteiger partial charge >= 0.3 is 0 Å². The Morgan fingerprint density at radius 1 is 1.06 bits per heavy atom. The summed E-state index contributed by atoms with van der Waals surface area (Å²) in [6.07, 6.45) is 1.57. The molecule has 1 N–H and O–H groups in total. The van der Waals surface area contributed by atoms with Crippen LogP contribution < -0.4 is 19.6 Å². The third kappa shape index (κ3) is 6.51. The summed E-state index contributed by atoms with van der Waals surface area (Å²) in [5.41, 5.74) is 5.34. The number of rotatable bonds is 9. The summed E-state index contributed by atoms with van der Waals surface area (Å²) >= 11 is 5.90. The molecule has 0 unspecified atom stereocenters. The molecule has 0 saturated carbocycles. The Bertz CT molecular complexity index is 1170. The number of benzene rings is 3. The van der Waals surface area contributed by atoms with Crippen LogP contribution in [-0.2, 0) is 11.4 Å². The van der Waals surface area contributed by atoms with Crippen molar-refractivity contribution in [1.29, 1.82) is 0 Å². The fraction of sp³-hybridized carbons (Fsp3) is 0.259. The number of methoxy groups -OCH3 is 1. The first-order valence-corrected chi connectivity index (χ1v) is 11.2. The van der Waals surface area contributed by atoms with Gasteiger partial charge in [0.15, 0.2) is 5.60 Å². The molecular formula is C27H29ClN2O4. The maximum Gasteiger partial charge on any atom is 0.283 e. The lowest BCUT2D eigenvalue weighted by Crippen LogP contribution is -2.44. The molecule has 0 bridgehead atoms. The average molecular weight is 481 g/mol. The second-order valence-corrected chi connectivity index (χ2v) is 8.76. The van der Waals surface area contributed by atoms with Crippen LogP contribution >= 0.6 is 11.6 Å². The lowest BCUT2D eigenvalue weighted by molar-refractivity contribution is -0.134. The Hall–Kier alpha value is -3.51. The Balaban J connectivity index is 1.65. The van der Waals surface area contributed by atoms with Crippen LogP contribution in [0.15, 0.2) is 65.8 Å². The molecule has 34 heavy (non-hydrogen) atoms. The van der Waals surface area contributed by atoms with Gasteiger partial charge in [0.1, 0.15) is 23.9 Å². The van der Waals surface area contributed by atoms with Crippen molar-refractivity contribution in [3.05, 3.63) is 87.9 Å². The molecule has 0 aliphatic heterocycles. The van der Waals surface area contributed by atoms with Crippen LogP contribution in [-0.4, -0.2) is 24.8 Å². The van der Waals surface area contributed by atoms with Crippen molar-refractivity contribution in [2.45, 2.75) is 39.9 Å². The molecule has 0 fully saturated rings. The van der Waals surface area contributed by atoms with E-state index in [0.29, 0.717) is 23.1 Å². The number of ether oxygens (including phenoxy) is 3. The van der Waals surface area contributed by atoms with Crippen molar-refractivity contribution in [2.75, 3.05) is 7.11 Å². The summed E-state index contributed by atoms with van der Waals surface area (Å²) in [5, 5.41) is 4.69. The largest absolute Gasteiger partial charge is 0.496 e. The van der Waals surface area contributed by atoms with Gasteiger partial charge in [-0.25, -0.2) is 5.43 Å². The van der Waals surface area contributed by atoms with E-state index in [0.717, 1.165) is 22.4 Å². The molecule has 0 aliphatic rings. The minimum absolute atomic E-state index is 0.337. The summed E-state index contributed by atoms with van der Waals surface area (Å²) in [6, 6.07) is 18.4. The Morgan fingerprint density at radius 2 is 1.79 bits per heavy atom. The first kappa shape index (κ1) is 25.1. The fourth-order valence-electron chi connectivity index (χ4n) is 3.17. The van der Waals surface area contributed by atoms with E-state index in [1.807, 2.05) is 37.3 Å². The number of hydrazone groups is 1. The van der Waals surface area contributed by atoms with E-state index in [-0.39, 0.29) is 5.91 Å². The number of nitrogens with zero attached hydrogens (tertiary/aromatic N) is 1. The van der Waals surface area contributed by atoms with E-state index in [1.165, 1.54) is 5.56 Å².